The number of alkyl halides is 3. The minimum Gasteiger partial charge on any atom is -0.342 e. The van der Waals surface area contributed by atoms with E-state index in [1.807, 2.05) is 6.92 Å². The van der Waals surface area contributed by atoms with Gasteiger partial charge in [0.2, 0.25) is 0 Å². The summed E-state index contributed by atoms with van der Waals surface area (Å²) in [6, 6.07) is 5.29. The van der Waals surface area contributed by atoms with Crippen molar-refractivity contribution in [2.75, 3.05) is 19.6 Å². The highest BCUT2D eigenvalue weighted by Crippen LogP contribution is 2.18. The number of rotatable bonds is 9. The first-order valence-electron chi connectivity index (χ1n) is 8.70. The van der Waals surface area contributed by atoms with Gasteiger partial charge in [0.05, 0.1) is 17.6 Å². The zero-order valence-electron chi connectivity index (χ0n) is 15.0. The molecule has 3 N–H and O–H groups in total. The van der Waals surface area contributed by atoms with Crippen molar-refractivity contribution >= 4 is 23.0 Å². The number of carbonyl (C=O) groups is 1. The highest BCUT2D eigenvalue weighted by Gasteiger charge is 2.30. The van der Waals surface area contributed by atoms with Gasteiger partial charge in [0, 0.05) is 19.0 Å². The standard InChI is InChI=1S/C18H23F3N4O2/c1-2-3-9-25(12-18(19,20)21)10-8-16-22-14-6-4-13(11-15(14)23-16)5-7-17(26)24-27/h4-7,11,27H,2-3,8-10,12H2,1H3,(H,22,23)(H,24,26)/b7-5+. The molecule has 2 aromatic rings. The number of unbranched alkanes of at least 4 members (excludes halogenated alkanes) is 1. The topological polar surface area (TPSA) is 81.2 Å². The monoisotopic (exact) mass is 384 g/mol. The van der Waals surface area contributed by atoms with E-state index in [-0.39, 0.29) is 6.54 Å². The molecular formula is C18H23F3N4O2. The highest BCUT2D eigenvalue weighted by atomic mass is 19.4. The third kappa shape index (κ3) is 7.03. The van der Waals surface area contributed by atoms with Gasteiger partial charge in [-0.05, 0) is 36.7 Å². The molecule has 1 aromatic heterocycles. The number of nitrogens with zero attached hydrogens (tertiary/aromatic N) is 2. The van der Waals surface area contributed by atoms with Gasteiger partial charge in [-0.15, -0.1) is 0 Å². The summed E-state index contributed by atoms with van der Waals surface area (Å²) in [7, 11) is 0. The number of benzene rings is 1. The van der Waals surface area contributed by atoms with E-state index >= 15 is 0 Å². The molecule has 1 aromatic carbocycles. The second-order valence-electron chi connectivity index (χ2n) is 6.26. The summed E-state index contributed by atoms with van der Waals surface area (Å²) in [5.74, 6) is -0.0277. The smallest absolute Gasteiger partial charge is 0.342 e. The van der Waals surface area contributed by atoms with Crippen LogP contribution < -0.4 is 5.48 Å². The number of imidazole rings is 1. The molecule has 0 spiro atoms. The van der Waals surface area contributed by atoms with Crippen molar-refractivity contribution in [1.29, 1.82) is 0 Å². The number of halogens is 3. The highest BCUT2D eigenvalue weighted by molar-refractivity contribution is 5.91. The number of fused-ring (bicyclic) bond motifs is 1. The van der Waals surface area contributed by atoms with Gasteiger partial charge in [0.25, 0.3) is 5.91 Å². The summed E-state index contributed by atoms with van der Waals surface area (Å²) in [6.07, 6.45) is 0.426. The average Bonchev–Trinajstić information content (AvgIpc) is 3.02. The van der Waals surface area contributed by atoms with Crippen LogP contribution in [0.2, 0.25) is 0 Å². The fourth-order valence-corrected chi connectivity index (χ4v) is 2.68. The number of hydroxylamine groups is 1. The summed E-state index contributed by atoms with van der Waals surface area (Å²) in [5, 5.41) is 8.47. The number of amides is 1. The van der Waals surface area contributed by atoms with Crippen LogP contribution in [0.5, 0.6) is 0 Å². The van der Waals surface area contributed by atoms with Gasteiger partial charge in [-0.25, -0.2) is 10.5 Å². The van der Waals surface area contributed by atoms with Gasteiger partial charge in [-0.3, -0.25) is 14.9 Å². The molecule has 0 saturated carbocycles. The third-order valence-electron chi connectivity index (χ3n) is 3.99. The SMILES string of the molecule is CCCCN(CCc1nc2ccc(/C=C/C(=O)NO)cc2[nH]1)CC(F)(F)F. The van der Waals surface area contributed by atoms with Crippen molar-refractivity contribution in [3.63, 3.8) is 0 Å². The number of nitrogens with one attached hydrogen (secondary N) is 2. The van der Waals surface area contributed by atoms with E-state index in [2.05, 4.69) is 9.97 Å². The fraction of sp³-hybridized carbons (Fsp3) is 0.444. The Morgan fingerprint density at radius 1 is 1.37 bits per heavy atom. The number of aromatic nitrogens is 2. The molecule has 27 heavy (non-hydrogen) atoms. The van der Waals surface area contributed by atoms with Gasteiger partial charge in [0.15, 0.2) is 0 Å². The predicted octanol–water partition coefficient (Wildman–Crippen LogP) is 3.29. The number of H-pyrrole nitrogens is 1. The van der Waals surface area contributed by atoms with Crippen molar-refractivity contribution in [1.82, 2.24) is 20.3 Å². The van der Waals surface area contributed by atoms with Crippen molar-refractivity contribution in [2.45, 2.75) is 32.4 Å². The second-order valence-corrected chi connectivity index (χ2v) is 6.26. The van der Waals surface area contributed by atoms with E-state index in [0.717, 1.165) is 17.5 Å². The van der Waals surface area contributed by atoms with Crippen LogP contribution in [0.1, 0.15) is 31.2 Å². The number of carbonyl (C=O) groups excluding carboxylic acids is 1. The van der Waals surface area contributed by atoms with Gasteiger partial charge in [-0.2, -0.15) is 13.2 Å². The Hall–Kier alpha value is -2.39. The van der Waals surface area contributed by atoms with Crippen molar-refractivity contribution in [3.8, 4) is 0 Å². The average molecular weight is 384 g/mol. The quantitative estimate of drug-likeness (QED) is 0.352. The summed E-state index contributed by atoms with van der Waals surface area (Å²) < 4.78 is 38.1. The summed E-state index contributed by atoms with van der Waals surface area (Å²) >= 11 is 0. The molecule has 0 atom stereocenters. The lowest BCUT2D eigenvalue weighted by molar-refractivity contribution is -0.146. The predicted molar refractivity (Wildman–Crippen MR) is 96.2 cm³/mol. The molecule has 1 heterocycles. The van der Waals surface area contributed by atoms with E-state index < -0.39 is 18.6 Å². The minimum absolute atomic E-state index is 0.267. The molecule has 0 saturated heterocycles. The molecular weight excluding hydrogens is 361 g/mol. The van der Waals surface area contributed by atoms with Crippen LogP contribution in [0.15, 0.2) is 24.3 Å². The molecule has 0 fully saturated rings. The van der Waals surface area contributed by atoms with Crippen LogP contribution in [0, 0.1) is 0 Å². The Balaban J connectivity index is 2.05. The van der Waals surface area contributed by atoms with Gasteiger partial charge < -0.3 is 4.98 Å². The Morgan fingerprint density at radius 3 is 2.81 bits per heavy atom. The first-order chi connectivity index (χ1) is 12.8. The van der Waals surface area contributed by atoms with Crippen LogP contribution in [0.3, 0.4) is 0 Å². The van der Waals surface area contributed by atoms with Gasteiger partial charge in [0.1, 0.15) is 5.82 Å². The Kier molecular flexibility index (Phi) is 7.37. The molecule has 148 valence electrons. The van der Waals surface area contributed by atoms with Crippen molar-refractivity contribution < 1.29 is 23.2 Å². The molecule has 0 aliphatic rings. The lowest BCUT2D eigenvalue weighted by Crippen LogP contribution is -2.36. The lowest BCUT2D eigenvalue weighted by atomic mass is 10.2. The third-order valence-corrected chi connectivity index (χ3v) is 3.99. The van der Waals surface area contributed by atoms with Gasteiger partial charge in [-0.1, -0.05) is 19.4 Å². The molecule has 0 bridgehead atoms. The van der Waals surface area contributed by atoms with E-state index in [1.165, 1.54) is 22.5 Å². The fourth-order valence-electron chi connectivity index (χ4n) is 2.68. The van der Waals surface area contributed by atoms with Crippen molar-refractivity contribution in [2.24, 2.45) is 0 Å². The summed E-state index contributed by atoms with van der Waals surface area (Å²) in [4.78, 5) is 19.9. The van der Waals surface area contributed by atoms with Crippen molar-refractivity contribution in [3.05, 3.63) is 35.7 Å². The molecule has 0 aliphatic heterocycles. The second kappa shape index (κ2) is 9.52. The van der Waals surface area contributed by atoms with E-state index in [9.17, 15) is 18.0 Å². The summed E-state index contributed by atoms with van der Waals surface area (Å²) in [6.45, 7) is 1.69. The van der Waals surface area contributed by atoms with Gasteiger partial charge >= 0.3 is 6.18 Å². The molecule has 9 heteroatoms. The van der Waals surface area contributed by atoms with Crippen LogP contribution in [-0.2, 0) is 11.2 Å². The lowest BCUT2D eigenvalue weighted by Gasteiger charge is -2.22. The maximum Gasteiger partial charge on any atom is 0.401 e. The Labute approximate surface area is 155 Å². The first-order valence-corrected chi connectivity index (χ1v) is 8.70. The molecule has 1 amide bonds. The molecule has 0 radical (unpaired) electrons. The zero-order chi connectivity index (χ0) is 19.9. The number of aromatic amines is 1. The normalized spacial score (nSPS) is 12.4. The van der Waals surface area contributed by atoms with E-state index in [1.54, 1.807) is 18.2 Å². The van der Waals surface area contributed by atoms with Crippen LogP contribution >= 0.6 is 0 Å². The molecule has 0 unspecified atom stereocenters. The Morgan fingerprint density at radius 2 is 2.15 bits per heavy atom. The zero-order valence-corrected chi connectivity index (χ0v) is 15.0. The molecule has 0 aliphatic carbocycles. The van der Waals surface area contributed by atoms with Crippen LogP contribution in [-0.4, -0.2) is 51.8 Å². The maximum atomic E-state index is 12.7. The maximum absolute atomic E-state index is 12.7. The largest absolute Gasteiger partial charge is 0.401 e. The van der Waals surface area contributed by atoms with E-state index in [4.69, 9.17) is 5.21 Å². The Bertz CT molecular complexity index is 786. The number of hydrogen-bond donors (Lipinski definition) is 3. The van der Waals surface area contributed by atoms with Crippen LogP contribution in [0.4, 0.5) is 13.2 Å². The number of hydrogen-bond acceptors (Lipinski definition) is 4. The molecule has 6 nitrogen and oxygen atoms in total. The minimum atomic E-state index is -4.22. The van der Waals surface area contributed by atoms with E-state index in [0.29, 0.717) is 30.7 Å². The molecule has 2 rings (SSSR count). The van der Waals surface area contributed by atoms with Crippen LogP contribution in [0.25, 0.3) is 17.1 Å². The first kappa shape index (κ1) is 20.9. The summed E-state index contributed by atoms with van der Waals surface area (Å²) in [5.41, 5.74) is 3.66.